The lowest BCUT2D eigenvalue weighted by molar-refractivity contribution is -0.394. The van der Waals surface area contributed by atoms with Crippen LogP contribution in [0.25, 0.3) is 12.2 Å². The van der Waals surface area contributed by atoms with Gasteiger partial charge in [-0.15, -0.1) is 0 Å². The number of esters is 2. The summed E-state index contributed by atoms with van der Waals surface area (Å²) in [4.78, 5) is 73.9. The van der Waals surface area contributed by atoms with Crippen molar-refractivity contribution >= 4 is 47.0 Å². The summed E-state index contributed by atoms with van der Waals surface area (Å²) in [6.07, 6.45) is -12.7. The van der Waals surface area contributed by atoms with Crippen molar-refractivity contribution < 1.29 is 102 Å². The van der Waals surface area contributed by atoms with Gasteiger partial charge in [0.15, 0.2) is 5.78 Å². The van der Waals surface area contributed by atoms with Crippen LogP contribution in [0.1, 0.15) is 75.4 Å². The average molecular weight is 1090 g/mol. The number of alkyl halides is 10. The molecule has 2 N–H and O–H groups in total. The topological polar surface area (TPSA) is 232 Å². The van der Waals surface area contributed by atoms with Crippen molar-refractivity contribution in [2.75, 3.05) is 13.2 Å². The van der Waals surface area contributed by atoms with Gasteiger partial charge in [0.05, 0.1) is 46.2 Å². The molecule has 0 aromatic heterocycles. The molecule has 0 aliphatic rings. The number of nitrogens with zero attached hydrogens (tertiary/aromatic N) is 2. The van der Waals surface area contributed by atoms with Crippen LogP contribution in [0.4, 0.5) is 55.3 Å². The number of rotatable bonds is 25. The van der Waals surface area contributed by atoms with Gasteiger partial charge in [-0.2, -0.15) is 43.9 Å². The molecule has 77 heavy (non-hydrogen) atoms. The lowest BCUT2D eigenvalue weighted by Gasteiger charge is -2.28. The zero-order valence-electron chi connectivity index (χ0n) is 39.3. The maximum absolute atomic E-state index is 13.5. The van der Waals surface area contributed by atoms with E-state index in [9.17, 15) is 93.5 Å². The minimum atomic E-state index is -5.70. The van der Waals surface area contributed by atoms with E-state index < -0.39 is 132 Å². The molecule has 408 valence electrons. The predicted molar refractivity (Wildman–Crippen MR) is 250 cm³/mol. The number of hydrogen-bond acceptors (Lipinski definition) is 14. The normalized spacial score (nSPS) is 12.8. The first kappa shape index (κ1) is 59.4. The number of allylic oxidation sites excluding steroid dienone is 1. The molecule has 0 saturated heterocycles. The quantitative estimate of drug-likeness (QED) is 0.00809. The van der Waals surface area contributed by atoms with Crippen LogP contribution >= 0.6 is 0 Å². The number of carbonyl (C=O) groups excluding carboxylic acids is 4. The van der Waals surface area contributed by atoms with Crippen molar-refractivity contribution in [1.29, 1.82) is 0 Å². The Labute approximate surface area is 428 Å². The number of hydrogen-bond donors (Lipinski definition) is 2. The molecule has 1 unspecified atom stereocenters. The summed E-state index contributed by atoms with van der Waals surface area (Å²) in [5.74, 6) is -19.6. The molecule has 5 rings (SSSR count). The Morgan fingerprint density at radius 1 is 0.545 bits per heavy atom. The molecule has 1 atom stereocenters. The highest BCUT2D eigenvalue weighted by Crippen LogP contribution is 2.41. The van der Waals surface area contributed by atoms with Crippen molar-refractivity contribution in [2.24, 2.45) is 0 Å². The third kappa shape index (κ3) is 16.5. The molecule has 0 aliphatic heterocycles. The SMILES string of the molecule is O=C(/C=C/c1ccc(OC(=O)c2ccc(OCCCC(F)(F)C(F)(F)F)cc2)cc1)CC(c1ccc([N+](=O)[O-])cc1[N+](=O)[O-])C(O)(O)C(=O)/C=C/c1ccc(OC(=O)c2ccc(OCCCC(F)(F)C(F)(F)F)cc2)cc1. The summed E-state index contributed by atoms with van der Waals surface area (Å²) < 4.78 is 147. The Morgan fingerprint density at radius 3 is 1.34 bits per heavy atom. The van der Waals surface area contributed by atoms with Crippen LogP contribution in [-0.4, -0.2) is 86.8 Å². The lowest BCUT2D eigenvalue weighted by atomic mass is 9.82. The van der Waals surface area contributed by atoms with Crippen LogP contribution in [0, 0.1) is 20.2 Å². The highest BCUT2D eigenvalue weighted by Gasteiger charge is 2.57. The molecular formula is C51H40F10N2O14. The van der Waals surface area contributed by atoms with Gasteiger partial charge in [-0.1, -0.05) is 36.4 Å². The van der Waals surface area contributed by atoms with Gasteiger partial charge < -0.3 is 29.2 Å². The summed E-state index contributed by atoms with van der Waals surface area (Å²) in [6.45, 7) is -0.939. The molecule has 0 aliphatic carbocycles. The van der Waals surface area contributed by atoms with Gasteiger partial charge in [0.2, 0.25) is 11.6 Å². The van der Waals surface area contributed by atoms with Crippen molar-refractivity contribution in [1.82, 2.24) is 0 Å². The Kier molecular flexibility index (Phi) is 19.2. The average Bonchev–Trinajstić information content (AvgIpc) is 3.37. The fraction of sp³-hybridized carbons (Fsp3) is 0.255. The van der Waals surface area contributed by atoms with Crippen molar-refractivity contribution in [3.8, 4) is 23.0 Å². The second kappa shape index (κ2) is 24.9. The van der Waals surface area contributed by atoms with Crippen molar-refractivity contribution in [3.63, 3.8) is 0 Å². The minimum Gasteiger partial charge on any atom is -0.494 e. The molecule has 0 spiro atoms. The number of benzene rings is 5. The van der Waals surface area contributed by atoms with Crippen LogP contribution in [0.15, 0.2) is 127 Å². The number of carbonyl (C=O) groups is 4. The largest absolute Gasteiger partial charge is 0.494 e. The van der Waals surface area contributed by atoms with E-state index in [2.05, 4.69) is 0 Å². The van der Waals surface area contributed by atoms with E-state index >= 15 is 0 Å². The van der Waals surface area contributed by atoms with E-state index in [4.69, 9.17) is 18.9 Å². The molecule has 0 radical (unpaired) electrons. The first-order valence-corrected chi connectivity index (χ1v) is 22.3. The zero-order chi connectivity index (χ0) is 56.9. The Morgan fingerprint density at radius 2 is 0.948 bits per heavy atom. The molecule has 26 heteroatoms. The fourth-order valence-electron chi connectivity index (χ4n) is 6.74. The van der Waals surface area contributed by atoms with Crippen LogP contribution < -0.4 is 18.9 Å². The summed E-state index contributed by atoms with van der Waals surface area (Å²) in [5, 5.41) is 46.3. The fourth-order valence-corrected chi connectivity index (χ4v) is 6.74. The van der Waals surface area contributed by atoms with Crippen molar-refractivity contribution in [3.05, 3.63) is 175 Å². The van der Waals surface area contributed by atoms with Gasteiger partial charge in [-0.3, -0.25) is 29.8 Å². The second-order valence-electron chi connectivity index (χ2n) is 16.5. The monoisotopic (exact) mass is 1090 g/mol. The predicted octanol–water partition coefficient (Wildman–Crippen LogP) is 11.4. The Balaban J connectivity index is 1.21. The van der Waals surface area contributed by atoms with Gasteiger partial charge in [0.1, 0.15) is 23.0 Å². The van der Waals surface area contributed by atoms with Gasteiger partial charge >= 0.3 is 36.1 Å². The number of ketones is 2. The molecule has 0 saturated carbocycles. The van der Waals surface area contributed by atoms with Gasteiger partial charge in [-0.05, 0) is 115 Å². The van der Waals surface area contributed by atoms with Gasteiger partial charge in [0, 0.05) is 30.9 Å². The molecule has 0 bridgehead atoms. The minimum absolute atomic E-state index is 0.00373. The van der Waals surface area contributed by atoms with E-state index in [1.807, 2.05) is 0 Å². The highest BCUT2D eigenvalue weighted by atomic mass is 19.4. The Hall–Kier alpha value is -8.52. The van der Waals surface area contributed by atoms with Crippen LogP contribution in [0.5, 0.6) is 23.0 Å². The molecule has 5 aromatic carbocycles. The van der Waals surface area contributed by atoms with Crippen LogP contribution in [-0.2, 0) is 9.59 Å². The number of non-ortho nitro benzene ring substituents is 1. The van der Waals surface area contributed by atoms with E-state index in [1.54, 1.807) is 0 Å². The number of halogens is 10. The maximum atomic E-state index is 13.5. The Bertz CT molecular complexity index is 2980. The molecule has 16 nitrogen and oxygen atoms in total. The summed E-state index contributed by atoms with van der Waals surface area (Å²) in [6, 6.07) is 22.6. The van der Waals surface area contributed by atoms with E-state index in [1.165, 1.54) is 103 Å². The standard InChI is InChI=1S/C51H40F10N2O14/c52-47(53,50(56,57)58)25-1-27-74-37-19-9-33(10-20-37)45(66)76-39-15-4-31(5-16-39)3-14-36(64)30-42(41-23-13-35(62(70)71)29-43(41)63(72)73)49(68,69)44(65)24-8-32-6-17-40(18-7-32)77-46(67)34-11-21-38(22-12-34)75-28-2-26-48(54,55)51(59,60)61/h3-24,29,42,68-69H,1-2,25-28,30H2/b14-3+,24-8+. The smallest absolute Gasteiger partial charge is 0.453 e. The molecule has 5 aromatic rings. The van der Waals surface area contributed by atoms with Crippen LogP contribution in [0.3, 0.4) is 0 Å². The van der Waals surface area contributed by atoms with Gasteiger partial charge in [-0.25, -0.2) is 9.59 Å². The first-order valence-electron chi connectivity index (χ1n) is 22.3. The second-order valence-corrected chi connectivity index (χ2v) is 16.5. The molecule has 0 amide bonds. The zero-order valence-corrected chi connectivity index (χ0v) is 39.3. The summed E-state index contributed by atoms with van der Waals surface area (Å²) in [5.41, 5.74) is -1.98. The number of nitro benzene ring substituents is 2. The number of nitro groups is 2. The lowest BCUT2D eigenvalue weighted by Crippen LogP contribution is -2.44. The van der Waals surface area contributed by atoms with E-state index in [-0.39, 0.29) is 39.7 Å². The van der Waals surface area contributed by atoms with Gasteiger partial charge in [0.25, 0.3) is 11.4 Å². The molecular weight excluding hydrogens is 1050 g/mol. The molecule has 0 fully saturated rings. The van der Waals surface area contributed by atoms with E-state index in [0.29, 0.717) is 17.7 Å². The highest BCUT2D eigenvalue weighted by molar-refractivity contribution is 6.01. The summed E-state index contributed by atoms with van der Waals surface area (Å²) >= 11 is 0. The summed E-state index contributed by atoms with van der Waals surface area (Å²) in [7, 11) is 0. The molecule has 0 heterocycles. The third-order valence-corrected chi connectivity index (χ3v) is 10.9. The maximum Gasteiger partial charge on any atom is 0.453 e. The van der Waals surface area contributed by atoms with Crippen LogP contribution in [0.2, 0.25) is 0 Å². The third-order valence-electron chi connectivity index (χ3n) is 10.9. The van der Waals surface area contributed by atoms with Crippen molar-refractivity contribution in [2.45, 2.75) is 68.0 Å². The first-order chi connectivity index (χ1) is 36.0. The number of ether oxygens (including phenoxy) is 4. The number of aliphatic hydroxyl groups is 2. The van der Waals surface area contributed by atoms with E-state index in [0.717, 1.165) is 24.3 Å².